The maximum Gasteiger partial charge on any atom is -0.0576 e. The average molecular weight is 230 g/mol. The zero-order chi connectivity index (χ0) is 0. The topological polar surface area (TPSA) is 0 Å². The SMILES string of the molecule is [Br-].[Br-].[SH3+].[SH3+]. The van der Waals surface area contributed by atoms with E-state index >= 15 is 0 Å². The van der Waals surface area contributed by atoms with Crippen LogP contribution in [0.4, 0.5) is 0 Å². The maximum absolute atomic E-state index is 0. The van der Waals surface area contributed by atoms with Crippen molar-refractivity contribution in [2.45, 2.75) is 0 Å². The molecule has 0 aliphatic carbocycles. The molecule has 4 heteroatoms. The number of rotatable bonds is 0. The van der Waals surface area contributed by atoms with Gasteiger partial charge in [-0.25, -0.2) is 0 Å². The Kier molecular flexibility index (Phi) is 253. The van der Waals surface area contributed by atoms with Crippen LogP contribution in [0.3, 0.4) is 0 Å². The first kappa shape index (κ1) is 44.6. The molecule has 0 saturated heterocycles. The molecule has 0 bridgehead atoms. The van der Waals surface area contributed by atoms with E-state index in [0.29, 0.717) is 0 Å². The number of halogens is 2. The van der Waals surface area contributed by atoms with Gasteiger partial charge in [-0.3, -0.25) is 0 Å². The molecular formula is H6Br2S2. The van der Waals surface area contributed by atoms with E-state index in [9.17, 15) is 0 Å². The van der Waals surface area contributed by atoms with Crippen LogP contribution in [0, 0.1) is 0 Å². The van der Waals surface area contributed by atoms with E-state index in [1.54, 1.807) is 0 Å². The number of hydrogen-bond donors (Lipinski definition) is 0. The van der Waals surface area contributed by atoms with Crippen LogP contribution in [-0.2, 0) is 27.0 Å². The summed E-state index contributed by atoms with van der Waals surface area (Å²) in [7, 11) is 0. The van der Waals surface area contributed by atoms with Crippen LogP contribution in [0.25, 0.3) is 0 Å². The van der Waals surface area contributed by atoms with Crippen LogP contribution >= 0.6 is 0 Å². The van der Waals surface area contributed by atoms with Crippen molar-refractivity contribution in [1.82, 2.24) is 0 Å². The Hall–Kier alpha value is 1.66. The summed E-state index contributed by atoms with van der Waals surface area (Å²) >= 11 is 0. The Balaban J connectivity index is 0. The van der Waals surface area contributed by atoms with E-state index in [1.807, 2.05) is 0 Å². The van der Waals surface area contributed by atoms with Gasteiger partial charge in [0.25, 0.3) is 0 Å². The molecule has 0 aromatic carbocycles. The van der Waals surface area contributed by atoms with Gasteiger partial charge in [0.1, 0.15) is 0 Å². The van der Waals surface area contributed by atoms with E-state index in [0.717, 1.165) is 0 Å². The lowest BCUT2D eigenvalue weighted by Gasteiger charge is -1.00. The highest BCUT2D eigenvalue weighted by atomic mass is 79.9. The van der Waals surface area contributed by atoms with Gasteiger partial charge in [-0.2, -0.15) is 0 Å². The summed E-state index contributed by atoms with van der Waals surface area (Å²) in [5, 5.41) is 0. The molecule has 0 aromatic heterocycles. The minimum absolute atomic E-state index is 0. The fourth-order valence-electron chi connectivity index (χ4n) is 0. The molecule has 0 N–H and O–H groups in total. The second-order valence-electron chi connectivity index (χ2n) is 0. The lowest BCUT2D eigenvalue weighted by Crippen LogP contribution is -3.00. The van der Waals surface area contributed by atoms with Crippen molar-refractivity contribution >= 4 is 27.0 Å². The first-order chi connectivity index (χ1) is 0. The molecule has 32 valence electrons. The van der Waals surface area contributed by atoms with Gasteiger partial charge in [0.05, 0.1) is 0 Å². The average Bonchev–Trinajstić information content (AvgIpc) is 0. The summed E-state index contributed by atoms with van der Waals surface area (Å²) in [6.45, 7) is 0. The van der Waals surface area contributed by atoms with Crippen molar-refractivity contribution in [2.24, 2.45) is 0 Å². The molecule has 0 aliphatic heterocycles. The summed E-state index contributed by atoms with van der Waals surface area (Å²) in [6, 6.07) is 0. The largest absolute Gasteiger partial charge is 1.00 e. The zero-order valence-electron chi connectivity index (χ0n) is 1.91. The van der Waals surface area contributed by atoms with Crippen LogP contribution in [0.2, 0.25) is 0 Å². The monoisotopic (exact) mass is 228 g/mol. The molecule has 0 unspecified atom stereocenters. The molecule has 0 amide bonds. The zero-order valence-corrected chi connectivity index (χ0v) is 7.39. The second kappa shape index (κ2) is 22.7. The predicted molar refractivity (Wildman–Crippen MR) is 23.1 cm³/mol. The first-order valence-corrected chi connectivity index (χ1v) is 0. The van der Waals surface area contributed by atoms with Gasteiger partial charge in [-0.15, -0.1) is 0 Å². The Bertz CT molecular complexity index is 4.00. The second-order valence-corrected chi connectivity index (χ2v) is 0. The Labute approximate surface area is 60.8 Å². The standard InChI is InChI=1S/2BrH.2H2S/h2*1H;2*1H2. The normalized spacial score (nSPS) is 0. The third-order valence-corrected chi connectivity index (χ3v) is 0. The minimum Gasteiger partial charge on any atom is -1.00 e. The van der Waals surface area contributed by atoms with Crippen molar-refractivity contribution in [3.63, 3.8) is 0 Å². The van der Waals surface area contributed by atoms with Gasteiger partial charge in [0.2, 0.25) is 0 Å². The smallest absolute Gasteiger partial charge is 0.0576 e. The molecular weight excluding hydrogens is 224 g/mol. The summed E-state index contributed by atoms with van der Waals surface area (Å²) in [4.78, 5) is 0. The van der Waals surface area contributed by atoms with E-state index < -0.39 is 0 Å². The maximum atomic E-state index is 0. The van der Waals surface area contributed by atoms with Crippen LogP contribution < -0.4 is 34.0 Å². The molecule has 0 aliphatic rings. The van der Waals surface area contributed by atoms with E-state index in [2.05, 4.69) is 0 Å². The third-order valence-electron chi connectivity index (χ3n) is 0. The minimum atomic E-state index is 0. The van der Waals surface area contributed by atoms with Crippen LogP contribution in [0.1, 0.15) is 0 Å². The summed E-state index contributed by atoms with van der Waals surface area (Å²) < 4.78 is 0. The molecule has 0 rings (SSSR count). The predicted octanol–water partition coefficient (Wildman–Crippen LogP) is -7.60. The quantitative estimate of drug-likeness (QED) is 0.363. The molecule has 0 aromatic rings. The lowest BCUT2D eigenvalue weighted by molar-refractivity contribution is -0.001000. The summed E-state index contributed by atoms with van der Waals surface area (Å²) in [5.41, 5.74) is 0. The third kappa shape index (κ3) is 9.40. The molecule has 0 fully saturated rings. The Morgan fingerprint density at radius 2 is 0.500 bits per heavy atom. The highest BCUT2D eigenvalue weighted by Crippen LogP contribution is -0.00140. The van der Waals surface area contributed by atoms with Crippen LogP contribution in [0.15, 0.2) is 0 Å². The highest BCUT2D eigenvalue weighted by Gasteiger charge is -0.0566. The molecule has 4 heavy (non-hydrogen) atoms. The molecule has 0 spiro atoms. The van der Waals surface area contributed by atoms with Crippen molar-refractivity contribution in [3.05, 3.63) is 0 Å². The van der Waals surface area contributed by atoms with Crippen molar-refractivity contribution in [1.29, 1.82) is 0 Å². The summed E-state index contributed by atoms with van der Waals surface area (Å²) in [6.07, 6.45) is 0. The van der Waals surface area contributed by atoms with Crippen molar-refractivity contribution in [3.8, 4) is 0 Å². The molecule has 0 radical (unpaired) electrons. The molecule has 0 nitrogen and oxygen atoms in total. The fourth-order valence-corrected chi connectivity index (χ4v) is 0. The van der Waals surface area contributed by atoms with Crippen LogP contribution in [-0.4, -0.2) is 0 Å². The molecule has 0 heterocycles. The molecule has 0 saturated carbocycles. The van der Waals surface area contributed by atoms with Crippen molar-refractivity contribution < 1.29 is 34.0 Å². The number of hydrogen-bond acceptors (Lipinski definition) is 0. The van der Waals surface area contributed by atoms with Gasteiger partial charge >= 0.3 is 0 Å². The van der Waals surface area contributed by atoms with Gasteiger partial charge in [0.15, 0.2) is 0 Å². The van der Waals surface area contributed by atoms with Gasteiger partial charge in [-0.05, 0) is 0 Å². The first-order valence-electron chi connectivity index (χ1n) is 0. The molecule has 0 atom stereocenters. The highest BCUT2D eigenvalue weighted by molar-refractivity contribution is 7.37. The Morgan fingerprint density at radius 3 is 0.500 bits per heavy atom. The van der Waals surface area contributed by atoms with E-state index in [-0.39, 0.29) is 61.0 Å². The lowest BCUT2D eigenvalue weighted by atomic mass is 32.1. The summed E-state index contributed by atoms with van der Waals surface area (Å²) in [5.74, 6) is 0. The van der Waals surface area contributed by atoms with Crippen LogP contribution in [0.5, 0.6) is 0 Å². The van der Waals surface area contributed by atoms with Crippen molar-refractivity contribution in [2.75, 3.05) is 0 Å². The van der Waals surface area contributed by atoms with E-state index in [1.165, 1.54) is 0 Å². The van der Waals surface area contributed by atoms with Gasteiger partial charge in [0, 0.05) is 0 Å². The van der Waals surface area contributed by atoms with E-state index in [4.69, 9.17) is 0 Å². The fraction of sp³-hybridized carbons (Fsp3) is 0. The Morgan fingerprint density at radius 1 is 0.500 bits per heavy atom. The van der Waals surface area contributed by atoms with Gasteiger partial charge in [-0.1, -0.05) is 27.0 Å². The van der Waals surface area contributed by atoms with Gasteiger partial charge < -0.3 is 34.0 Å².